The third-order valence-corrected chi connectivity index (χ3v) is 6.23. The van der Waals surface area contributed by atoms with Gasteiger partial charge in [0.05, 0.1) is 25.0 Å². The fourth-order valence-corrected chi connectivity index (χ4v) is 4.60. The first-order chi connectivity index (χ1) is 14.8. The van der Waals surface area contributed by atoms with Crippen molar-refractivity contribution in [3.8, 4) is 6.07 Å². The van der Waals surface area contributed by atoms with E-state index in [9.17, 15) is 14.9 Å². The maximum absolute atomic E-state index is 12.6. The molecule has 0 aromatic carbocycles. The zero-order chi connectivity index (χ0) is 23.0. The standard InChI is InChI=1S/C20H25N5O4S2/c1-6-29-17(26)11-30-20-24-23-19(31-20)22-18(27)16(9-21)8-15-7-12(2)25(14(15)4)13(3)10-28-5/h7-8,13H,6,10-11H2,1-5H3,(H,22,23,27)/b16-8-. The molecule has 31 heavy (non-hydrogen) atoms. The van der Waals surface area contributed by atoms with Gasteiger partial charge in [-0.15, -0.1) is 10.2 Å². The van der Waals surface area contributed by atoms with Crippen LogP contribution in [0.3, 0.4) is 0 Å². The summed E-state index contributed by atoms with van der Waals surface area (Å²) in [4.78, 5) is 24.0. The number of carbonyl (C=O) groups is 2. The first kappa shape index (κ1) is 24.6. The number of hydrogen-bond donors (Lipinski definition) is 1. The van der Waals surface area contributed by atoms with E-state index in [-0.39, 0.29) is 28.5 Å². The minimum absolute atomic E-state index is 0.0458. The smallest absolute Gasteiger partial charge is 0.316 e. The first-order valence-corrected chi connectivity index (χ1v) is 11.3. The Morgan fingerprint density at radius 1 is 1.42 bits per heavy atom. The summed E-state index contributed by atoms with van der Waals surface area (Å²) in [6, 6.07) is 4.00. The van der Waals surface area contributed by atoms with Crippen LogP contribution in [0.4, 0.5) is 5.13 Å². The second-order valence-corrected chi connectivity index (χ2v) is 8.79. The minimum atomic E-state index is -0.574. The molecule has 0 spiro atoms. The van der Waals surface area contributed by atoms with Crippen LogP contribution in [-0.2, 0) is 19.1 Å². The van der Waals surface area contributed by atoms with Crippen molar-refractivity contribution in [2.75, 3.05) is 31.4 Å². The Morgan fingerprint density at radius 2 is 2.16 bits per heavy atom. The molecule has 2 aromatic rings. The molecule has 166 valence electrons. The summed E-state index contributed by atoms with van der Waals surface area (Å²) in [5.41, 5.74) is 2.69. The van der Waals surface area contributed by atoms with Crippen LogP contribution in [0.25, 0.3) is 6.08 Å². The Hall–Kier alpha value is -2.68. The van der Waals surface area contributed by atoms with Crippen molar-refractivity contribution >= 4 is 46.2 Å². The molecule has 9 nitrogen and oxygen atoms in total. The number of nitrogens with zero attached hydrogens (tertiary/aromatic N) is 4. The number of thioether (sulfide) groups is 1. The molecule has 0 aliphatic rings. The molecule has 2 aromatic heterocycles. The zero-order valence-electron chi connectivity index (χ0n) is 18.1. The molecule has 0 aliphatic heterocycles. The first-order valence-electron chi connectivity index (χ1n) is 9.53. The molecule has 0 aliphatic carbocycles. The van der Waals surface area contributed by atoms with E-state index in [4.69, 9.17) is 9.47 Å². The van der Waals surface area contributed by atoms with E-state index in [1.54, 1.807) is 20.1 Å². The Bertz CT molecular complexity index is 1010. The Labute approximate surface area is 189 Å². The molecule has 0 bridgehead atoms. The van der Waals surface area contributed by atoms with Crippen LogP contribution < -0.4 is 5.32 Å². The summed E-state index contributed by atoms with van der Waals surface area (Å²) < 4.78 is 12.7. The van der Waals surface area contributed by atoms with Crippen molar-refractivity contribution in [3.63, 3.8) is 0 Å². The predicted octanol–water partition coefficient (Wildman–Crippen LogP) is 3.36. The van der Waals surface area contributed by atoms with Gasteiger partial charge in [0.2, 0.25) is 5.13 Å². The number of esters is 1. The van der Waals surface area contributed by atoms with E-state index < -0.39 is 5.91 Å². The van der Waals surface area contributed by atoms with Crippen LogP contribution in [0.15, 0.2) is 16.0 Å². The van der Waals surface area contributed by atoms with E-state index in [1.807, 2.05) is 32.9 Å². The lowest BCUT2D eigenvalue weighted by molar-refractivity contribution is -0.139. The summed E-state index contributed by atoms with van der Waals surface area (Å²) in [5, 5.41) is 20.2. The molecular weight excluding hydrogens is 438 g/mol. The van der Waals surface area contributed by atoms with Gasteiger partial charge in [0.15, 0.2) is 4.34 Å². The van der Waals surface area contributed by atoms with Crippen molar-refractivity contribution in [3.05, 3.63) is 28.6 Å². The monoisotopic (exact) mass is 463 g/mol. The topological polar surface area (TPSA) is 119 Å². The lowest BCUT2D eigenvalue weighted by Gasteiger charge is -2.17. The SMILES string of the molecule is CCOC(=O)CSc1nnc(NC(=O)/C(C#N)=C\c2cc(C)n(C(C)COC)c2C)s1. The van der Waals surface area contributed by atoms with Gasteiger partial charge in [0.1, 0.15) is 11.6 Å². The summed E-state index contributed by atoms with van der Waals surface area (Å²) >= 11 is 2.29. The van der Waals surface area contributed by atoms with E-state index >= 15 is 0 Å². The molecule has 2 rings (SSSR count). The normalized spacial score (nSPS) is 12.3. The van der Waals surface area contributed by atoms with E-state index in [0.717, 1.165) is 28.3 Å². The highest BCUT2D eigenvalue weighted by atomic mass is 32.2. The number of carbonyl (C=O) groups excluding carboxylic acids is 2. The van der Waals surface area contributed by atoms with Crippen LogP contribution in [0.5, 0.6) is 0 Å². The van der Waals surface area contributed by atoms with Gasteiger partial charge >= 0.3 is 5.97 Å². The highest BCUT2D eigenvalue weighted by Crippen LogP contribution is 2.26. The molecule has 11 heteroatoms. The number of aryl methyl sites for hydroxylation is 1. The summed E-state index contributed by atoms with van der Waals surface area (Å²) in [6.45, 7) is 8.56. The number of aromatic nitrogens is 3. The third kappa shape index (κ3) is 6.65. The van der Waals surface area contributed by atoms with Gasteiger partial charge in [0.25, 0.3) is 5.91 Å². The van der Waals surface area contributed by atoms with Crippen molar-refractivity contribution in [2.24, 2.45) is 0 Å². The predicted molar refractivity (Wildman–Crippen MR) is 120 cm³/mol. The van der Waals surface area contributed by atoms with Crippen molar-refractivity contribution in [2.45, 2.75) is 38.1 Å². The number of hydrogen-bond acceptors (Lipinski definition) is 9. The van der Waals surface area contributed by atoms with Crippen LogP contribution in [-0.4, -0.2) is 52.7 Å². The lowest BCUT2D eigenvalue weighted by atomic mass is 10.1. The highest BCUT2D eigenvalue weighted by Gasteiger charge is 2.17. The van der Waals surface area contributed by atoms with E-state index in [1.165, 1.54) is 11.8 Å². The largest absolute Gasteiger partial charge is 0.465 e. The quantitative estimate of drug-likeness (QED) is 0.187. The maximum Gasteiger partial charge on any atom is 0.316 e. The molecule has 0 saturated carbocycles. The highest BCUT2D eigenvalue weighted by molar-refractivity contribution is 8.01. The number of ether oxygens (including phenoxy) is 2. The van der Waals surface area contributed by atoms with Crippen molar-refractivity contribution < 1.29 is 19.1 Å². The molecule has 1 amide bonds. The number of anilines is 1. The zero-order valence-corrected chi connectivity index (χ0v) is 19.7. The fraction of sp³-hybridized carbons (Fsp3) is 0.450. The van der Waals surface area contributed by atoms with Crippen molar-refractivity contribution in [1.82, 2.24) is 14.8 Å². The summed E-state index contributed by atoms with van der Waals surface area (Å²) in [7, 11) is 1.65. The van der Waals surface area contributed by atoms with Gasteiger partial charge in [-0.25, -0.2) is 0 Å². The lowest BCUT2D eigenvalue weighted by Crippen LogP contribution is -2.14. The average Bonchev–Trinajstić information content (AvgIpc) is 3.28. The van der Waals surface area contributed by atoms with E-state index in [0.29, 0.717) is 17.6 Å². The average molecular weight is 464 g/mol. The molecule has 0 fully saturated rings. The third-order valence-electron chi connectivity index (χ3n) is 4.28. The number of nitriles is 1. The van der Waals surface area contributed by atoms with Crippen molar-refractivity contribution in [1.29, 1.82) is 5.26 Å². The number of rotatable bonds is 10. The molecule has 0 radical (unpaired) electrons. The Balaban J connectivity index is 2.11. The fourth-order valence-electron chi connectivity index (χ4n) is 3.05. The minimum Gasteiger partial charge on any atom is -0.465 e. The van der Waals surface area contributed by atoms with Crippen LogP contribution in [0.1, 0.15) is 36.8 Å². The van der Waals surface area contributed by atoms with Gasteiger partial charge in [0, 0.05) is 18.5 Å². The van der Waals surface area contributed by atoms with Crippen LogP contribution in [0, 0.1) is 25.2 Å². The molecule has 2 heterocycles. The number of amides is 1. The molecular formula is C20H25N5O4S2. The number of methoxy groups -OCH3 is 1. The summed E-state index contributed by atoms with van der Waals surface area (Å²) in [5.74, 6) is -0.813. The molecule has 1 N–H and O–H groups in total. The Kier molecular flexibility index (Phi) is 9.23. The van der Waals surface area contributed by atoms with Gasteiger partial charge in [-0.05, 0) is 45.4 Å². The maximum atomic E-state index is 12.6. The second-order valence-electron chi connectivity index (χ2n) is 6.59. The summed E-state index contributed by atoms with van der Waals surface area (Å²) in [6.07, 6.45) is 1.56. The Morgan fingerprint density at radius 3 is 2.81 bits per heavy atom. The van der Waals surface area contributed by atoms with Gasteiger partial charge < -0.3 is 14.0 Å². The molecule has 1 unspecified atom stereocenters. The van der Waals surface area contributed by atoms with Gasteiger partial charge in [-0.3, -0.25) is 14.9 Å². The van der Waals surface area contributed by atoms with Gasteiger partial charge in [-0.1, -0.05) is 23.1 Å². The number of nitrogens with one attached hydrogen (secondary N) is 1. The van der Waals surface area contributed by atoms with Crippen LogP contribution in [0.2, 0.25) is 0 Å². The van der Waals surface area contributed by atoms with E-state index in [2.05, 4.69) is 20.1 Å². The molecule has 0 saturated heterocycles. The second kappa shape index (κ2) is 11.6. The van der Waals surface area contributed by atoms with Crippen LogP contribution >= 0.6 is 23.1 Å². The van der Waals surface area contributed by atoms with Gasteiger partial charge in [-0.2, -0.15) is 5.26 Å². The molecule has 1 atom stereocenters.